The SMILES string of the molecule is CN(C)C/C=C/C(=O)NCn1cc(-c2ccc3ncnc(Nc4ccc(F)c(Cl)c4)c3c2)nn1. The van der Waals surface area contributed by atoms with Crippen molar-refractivity contribution in [3.05, 3.63) is 71.9 Å². The summed E-state index contributed by atoms with van der Waals surface area (Å²) in [5, 5.41) is 15.0. The van der Waals surface area contributed by atoms with Gasteiger partial charge in [0.15, 0.2) is 0 Å². The van der Waals surface area contributed by atoms with E-state index >= 15 is 0 Å². The van der Waals surface area contributed by atoms with Crippen LogP contribution in [0.3, 0.4) is 0 Å². The van der Waals surface area contributed by atoms with E-state index in [0.717, 1.165) is 16.5 Å². The Hall–Kier alpha value is -3.89. The van der Waals surface area contributed by atoms with E-state index in [2.05, 4.69) is 30.9 Å². The van der Waals surface area contributed by atoms with Crippen molar-refractivity contribution in [1.82, 2.24) is 35.2 Å². The van der Waals surface area contributed by atoms with Gasteiger partial charge in [0, 0.05) is 29.3 Å². The molecule has 34 heavy (non-hydrogen) atoms. The molecule has 0 saturated carbocycles. The molecule has 0 unspecified atom stereocenters. The van der Waals surface area contributed by atoms with Crippen LogP contribution in [-0.2, 0) is 11.5 Å². The first-order valence-corrected chi connectivity index (χ1v) is 10.7. The van der Waals surface area contributed by atoms with Crippen molar-refractivity contribution in [2.75, 3.05) is 26.0 Å². The highest BCUT2D eigenvalue weighted by molar-refractivity contribution is 6.31. The van der Waals surface area contributed by atoms with Crippen molar-refractivity contribution in [3.63, 3.8) is 0 Å². The Kier molecular flexibility index (Phi) is 7.09. The maximum Gasteiger partial charge on any atom is 0.245 e. The lowest BCUT2D eigenvalue weighted by Crippen LogP contribution is -2.25. The van der Waals surface area contributed by atoms with Gasteiger partial charge in [-0.05, 0) is 44.4 Å². The highest BCUT2D eigenvalue weighted by Crippen LogP contribution is 2.28. The third-order valence-corrected chi connectivity index (χ3v) is 5.10. The third-order valence-electron chi connectivity index (χ3n) is 4.81. The minimum absolute atomic E-state index is 0.0148. The molecule has 0 atom stereocenters. The Labute approximate surface area is 200 Å². The molecule has 0 radical (unpaired) electrons. The van der Waals surface area contributed by atoms with Gasteiger partial charge in [-0.25, -0.2) is 19.0 Å². The summed E-state index contributed by atoms with van der Waals surface area (Å²) >= 11 is 5.89. The molecule has 0 bridgehead atoms. The topological polar surface area (TPSA) is 101 Å². The number of carbonyl (C=O) groups excluding carboxylic acids is 1. The number of carbonyl (C=O) groups is 1. The predicted molar refractivity (Wildman–Crippen MR) is 129 cm³/mol. The summed E-state index contributed by atoms with van der Waals surface area (Å²) in [6, 6.07) is 9.98. The Morgan fingerprint density at radius 3 is 2.85 bits per heavy atom. The summed E-state index contributed by atoms with van der Waals surface area (Å²) in [5.41, 5.74) is 2.74. The second-order valence-electron chi connectivity index (χ2n) is 7.72. The molecule has 2 heterocycles. The normalized spacial score (nSPS) is 11.4. The molecular formula is C23H22ClFN8O. The second kappa shape index (κ2) is 10.4. The quantitative estimate of drug-likeness (QED) is 0.371. The molecule has 2 aromatic carbocycles. The van der Waals surface area contributed by atoms with Gasteiger partial charge in [-0.1, -0.05) is 29.0 Å². The fourth-order valence-corrected chi connectivity index (χ4v) is 3.30. The molecular weight excluding hydrogens is 459 g/mol. The number of nitrogens with one attached hydrogen (secondary N) is 2. The van der Waals surface area contributed by atoms with Gasteiger partial charge in [-0.2, -0.15) is 0 Å². The number of likely N-dealkylation sites (N-methyl/N-ethyl adjacent to an activating group) is 1. The average Bonchev–Trinajstić information content (AvgIpc) is 3.29. The molecule has 174 valence electrons. The fourth-order valence-electron chi connectivity index (χ4n) is 3.12. The Morgan fingerprint density at radius 2 is 2.06 bits per heavy atom. The number of hydrogen-bond donors (Lipinski definition) is 2. The van der Waals surface area contributed by atoms with E-state index in [1.165, 1.54) is 24.5 Å². The number of amides is 1. The van der Waals surface area contributed by atoms with Crippen LogP contribution in [0, 0.1) is 5.82 Å². The predicted octanol–water partition coefficient (Wildman–Crippen LogP) is 3.62. The van der Waals surface area contributed by atoms with Gasteiger partial charge in [0.1, 0.15) is 30.3 Å². The first-order valence-electron chi connectivity index (χ1n) is 10.4. The van der Waals surface area contributed by atoms with Gasteiger partial charge in [0.2, 0.25) is 5.91 Å². The molecule has 4 aromatic rings. The van der Waals surface area contributed by atoms with Crippen LogP contribution in [0.1, 0.15) is 0 Å². The standard InChI is InChI=1S/C23H22ClFN8O/c1-32(2)9-3-4-22(34)28-14-33-12-21(30-31-33)15-5-8-20-17(10-15)23(27-13-26-20)29-16-6-7-19(25)18(24)11-16/h3-8,10-13H,9,14H2,1-2H3,(H,28,34)(H,26,27,29)/b4-3+. The summed E-state index contributed by atoms with van der Waals surface area (Å²) in [5.74, 6) is -0.164. The number of halogens is 2. The lowest BCUT2D eigenvalue weighted by molar-refractivity contribution is -0.117. The third kappa shape index (κ3) is 5.72. The Morgan fingerprint density at radius 1 is 1.21 bits per heavy atom. The lowest BCUT2D eigenvalue weighted by atomic mass is 10.1. The number of benzene rings is 2. The van der Waals surface area contributed by atoms with Crippen LogP contribution in [-0.4, -0.2) is 56.4 Å². The van der Waals surface area contributed by atoms with Crippen LogP contribution in [0.25, 0.3) is 22.2 Å². The molecule has 2 aromatic heterocycles. The highest BCUT2D eigenvalue weighted by atomic mass is 35.5. The molecule has 2 N–H and O–H groups in total. The number of hydrogen-bond acceptors (Lipinski definition) is 7. The van der Waals surface area contributed by atoms with E-state index in [4.69, 9.17) is 11.6 Å². The first kappa shape index (κ1) is 23.3. The van der Waals surface area contributed by atoms with Crippen molar-refractivity contribution >= 4 is 39.9 Å². The molecule has 0 aliphatic heterocycles. The molecule has 11 heteroatoms. The van der Waals surface area contributed by atoms with E-state index in [0.29, 0.717) is 23.7 Å². The second-order valence-corrected chi connectivity index (χ2v) is 8.12. The van der Waals surface area contributed by atoms with Gasteiger partial charge < -0.3 is 15.5 Å². The summed E-state index contributed by atoms with van der Waals surface area (Å²) < 4.78 is 15.0. The van der Waals surface area contributed by atoms with Gasteiger partial charge in [0.25, 0.3) is 0 Å². The van der Waals surface area contributed by atoms with Crippen molar-refractivity contribution in [2.24, 2.45) is 0 Å². The zero-order valence-electron chi connectivity index (χ0n) is 18.5. The monoisotopic (exact) mass is 480 g/mol. The van der Waals surface area contributed by atoms with Crippen molar-refractivity contribution in [2.45, 2.75) is 6.67 Å². The van der Waals surface area contributed by atoms with Crippen LogP contribution in [0.15, 0.2) is 61.1 Å². The molecule has 0 fully saturated rings. The number of nitrogens with zero attached hydrogens (tertiary/aromatic N) is 6. The molecule has 0 spiro atoms. The van der Waals surface area contributed by atoms with Gasteiger partial charge in [0.05, 0.1) is 16.7 Å². The summed E-state index contributed by atoms with van der Waals surface area (Å²) in [6.45, 7) is 0.866. The fraction of sp³-hybridized carbons (Fsp3) is 0.174. The van der Waals surface area contributed by atoms with Crippen LogP contribution >= 0.6 is 11.6 Å². The van der Waals surface area contributed by atoms with Crippen LogP contribution in [0.5, 0.6) is 0 Å². The molecule has 4 rings (SSSR count). The van der Waals surface area contributed by atoms with E-state index < -0.39 is 5.82 Å². The Bertz CT molecular complexity index is 1350. The minimum atomic E-state index is -0.495. The van der Waals surface area contributed by atoms with E-state index in [1.807, 2.05) is 37.2 Å². The smallest absolute Gasteiger partial charge is 0.245 e. The maximum absolute atomic E-state index is 13.5. The zero-order valence-corrected chi connectivity index (χ0v) is 19.3. The summed E-state index contributed by atoms with van der Waals surface area (Å²) in [6.07, 6.45) is 6.46. The number of aromatic nitrogens is 5. The van der Waals surface area contributed by atoms with Crippen LogP contribution < -0.4 is 10.6 Å². The number of rotatable bonds is 8. The van der Waals surface area contributed by atoms with Gasteiger partial charge >= 0.3 is 0 Å². The molecule has 0 saturated heterocycles. The molecule has 1 amide bonds. The summed E-state index contributed by atoms with van der Waals surface area (Å²) in [4.78, 5) is 22.5. The number of fused-ring (bicyclic) bond motifs is 1. The van der Waals surface area contributed by atoms with E-state index in [1.54, 1.807) is 23.0 Å². The van der Waals surface area contributed by atoms with Crippen LogP contribution in [0.4, 0.5) is 15.9 Å². The van der Waals surface area contributed by atoms with Crippen molar-refractivity contribution in [1.29, 1.82) is 0 Å². The van der Waals surface area contributed by atoms with E-state index in [-0.39, 0.29) is 17.6 Å². The minimum Gasteiger partial charge on any atom is -0.340 e. The first-order chi connectivity index (χ1) is 16.4. The number of anilines is 2. The maximum atomic E-state index is 13.5. The zero-order chi connectivity index (χ0) is 24.1. The van der Waals surface area contributed by atoms with Crippen molar-refractivity contribution < 1.29 is 9.18 Å². The highest BCUT2D eigenvalue weighted by Gasteiger charge is 2.10. The molecule has 0 aliphatic rings. The summed E-state index contributed by atoms with van der Waals surface area (Å²) in [7, 11) is 3.85. The molecule has 0 aliphatic carbocycles. The largest absolute Gasteiger partial charge is 0.340 e. The van der Waals surface area contributed by atoms with Crippen molar-refractivity contribution in [3.8, 4) is 11.3 Å². The van der Waals surface area contributed by atoms with Gasteiger partial charge in [-0.15, -0.1) is 5.10 Å². The van der Waals surface area contributed by atoms with Crippen LogP contribution in [0.2, 0.25) is 5.02 Å². The lowest BCUT2D eigenvalue weighted by Gasteiger charge is -2.09. The van der Waals surface area contributed by atoms with Gasteiger partial charge in [-0.3, -0.25) is 4.79 Å². The van der Waals surface area contributed by atoms with E-state index in [9.17, 15) is 9.18 Å². The average molecular weight is 481 g/mol. The molecule has 9 nitrogen and oxygen atoms in total. The Balaban J connectivity index is 1.51.